The molecule has 0 spiro atoms. The molecule has 1 aromatic carbocycles. The van der Waals surface area contributed by atoms with E-state index in [0.717, 1.165) is 24.7 Å². The Labute approximate surface area is 115 Å². The fourth-order valence-electron chi connectivity index (χ4n) is 3.74. The molecule has 2 unspecified atom stereocenters. The van der Waals surface area contributed by atoms with Crippen molar-refractivity contribution in [2.45, 2.75) is 50.5 Å². The number of fused-ring (bicyclic) bond motifs is 1. The molecule has 1 aliphatic heterocycles. The monoisotopic (exact) mass is 260 g/mol. The Morgan fingerprint density at radius 1 is 1.21 bits per heavy atom. The molecule has 1 fully saturated rings. The molecule has 0 amide bonds. The average Bonchev–Trinajstić information content (AvgIpc) is 2.97. The first-order valence-corrected chi connectivity index (χ1v) is 7.56. The van der Waals surface area contributed by atoms with Gasteiger partial charge in [0.05, 0.1) is 6.61 Å². The summed E-state index contributed by atoms with van der Waals surface area (Å²) in [6.45, 7) is 0.810. The fourth-order valence-corrected chi connectivity index (χ4v) is 3.74. The van der Waals surface area contributed by atoms with Crippen LogP contribution in [0.5, 0.6) is 5.75 Å². The molecule has 3 nitrogen and oxygen atoms in total. The summed E-state index contributed by atoms with van der Waals surface area (Å²) in [5, 5.41) is 0. The van der Waals surface area contributed by atoms with Gasteiger partial charge in [0.2, 0.25) is 0 Å². The van der Waals surface area contributed by atoms with Gasteiger partial charge in [0, 0.05) is 12.0 Å². The van der Waals surface area contributed by atoms with Gasteiger partial charge in [-0.3, -0.25) is 11.3 Å². The van der Waals surface area contributed by atoms with E-state index in [1.807, 2.05) is 6.07 Å². The van der Waals surface area contributed by atoms with E-state index in [2.05, 4.69) is 23.6 Å². The molecule has 1 aliphatic carbocycles. The van der Waals surface area contributed by atoms with Crippen LogP contribution in [0.3, 0.4) is 0 Å². The van der Waals surface area contributed by atoms with Gasteiger partial charge in [-0.1, -0.05) is 43.9 Å². The molecule has 0 aromatic heterocycles. The minimum Gasteiger partial charge on any atom is -0.493 e. The summed E-state index contributed by atoms with van der Waals surface area (Å²) in [7, 11) is 0. The van der Waals surface area contributed by atoms with Crippen LogP contribution in [-0.2, 0) is 0 Å². The number of nitrogens with one attached hydrogen (secondary N) is 1. The molecule has 0 saturated heterocycles. The third-order valence-electron chi connectivity index (χ3n) is 4.77. The van der Waals surface area contributed by atoms with Gasteiger partial charge in [-0.05, 0) is 30.4 Å². The normalized spacial score (nSPS) is 24.8. The Morgan fingerprint density at radius 3 is 2.79 bits per heavy atom. The van der Waals surface area contributed by atoms with Crippen molar-refractivity contribution in [2.24, 2.45) is 11.8 Å². The van der Waals surface area contributed by atoms with Crippen LogP contribution in [0.25, 0.3) is 0 Å². The molecular weight excluding hydrogens is 236 g/mol. The zero-order valence-corrected chi connectivity index (χ0v) is 11.5. The second-order valence-corrected chi connectivity index (χ2v) is 5.94. The van der Waals surface area contributed by atoms with Crippen LogP contribution in [0.2, 0.25) is 0 Å². The molecule has 104 valence electrons. The number of nitrogens with two attached hydrogens (primary N) is 1. The molecule has 0 radical (unpaired) electrons. The standard InChI is InChI=1S/C16H24N2O/c17-18-15(11-12-5-1-2-6-12)13-9-10-19-16-8-4-3-7-14(13)16/h3-4,7-8,12-13,15,18H,1-2,5-6,9-11,17H2. The number of para-hydroxylation sites is 1. The lowest BCUT2D eigenvalue weighted by Gasteiger charge is -2.33. The first kappa shape index (κ1) is 12.9. The number of rotatable bonds is 4. The topological polar surface area (TPSA) is 47.3 Å². The van der Waals surface area contributed by atoms with Gasteiger partial charge in [-0.25, -0.2) is 0 Å². The summed E-state index contributed by atoms with van der Waals surface area (Å²) in [6.07, 6.45) is 7.82. The van der Waals surface area contributed by atoms with E-state index in [4.69, 9.17) is 10.6 Å². The van der Waals surface area contributed by atoms with Crippen molar-refractivity contribution < 1.29 is 4.74 Å². The van der Waals surface area contributed by atoms with Crippen LogP contribution in [-0.4, -0.2) is 12.6 Å². The maximum atomic E-state index is 5.85. The van der Waals surface area contributed by atoms with E-state index in [1.54, 1.807) is 0 Å². The molecule has 1 saturated carbocycles. The van der Waals surface area contributed by atoms with E-state index < -0.39 is 0 Å². The molecular formula is C16H24N2O. The van der Waals surface area contributed by atoms with E-state index >= 15 is 0 Å². The maximum Gasteiger partial charge on any atom is 0.122 e. The van der Waals surface area contributed by atoms with Gasteiger partial charge in [0.1, 0.15) is 5.75 Å². The second kappa shape index (κ2) is 5.93. The highest BCUT2D eigenvalue weighted by molar-refractivity contribution is 5.38. The van der Waals surface area contributed by atoms with E-state index in [0.29, 0.717) is 12.0 Å². The highest BCUT2D eigenvalue weighted by Crippen LogP contribution is 2.39. The van der Waals surface area contributed by atoms with Gasteiger partial charge in [-0.15, -0.1) is 0 Å². The molecule has 3 rings (SSSR count). The number of hydrogen-bond donors (Lipinski definition) is 2. The molecule has 2 atom stereocenters. The van der Waals surface area contributed by atoms with Crippen LogP contribution in [0.15, 0.2) is 24.3 Å². The minimum atomic E-state index is 0.383. The zero-order chi connectivity index (χ0) is 13.1. The number of benzene rings is 1. The Morgan fingerprint density at radius 2 is 2.00 bits per heavy atom. The van der Waals surface area contributed by atoms with E-state index in [1.165, 1.54) is 37.7 Å². The first-order valence-electron chi connectivity index (χ1n) is 7.56. The number of hydrazine groups is 1. The largest absolute Gasteiger partial charge is 0.493 e. The molecule has 1 aromatic rings. The minimum absolute atomic E-state index is 0.383. The highest BCUT2D eigenvalue weighted by Gasteiger charge is 2.30. The zero-order valence-electron chi connectivity index (χ0n) is 11.5. The van der Waals surface area contributed by atoms with Crippen molar-refractivity contribution >= 4 is 0 Å². The second-order valence-electron chi connectivity index (χ2n) is 5.94. The Kier molecular flexibility index (Phi) is 4.04. The Balaban J connectivity index is 1.76. The van der Waals surface area contributed by atoms with Crippen molar-refractivity contribution in [3.05, 3.63) is 29.8 Å². The Bertz CT molecular complexity index is 415. The summed E-state index contributed by atoms with van der Waals surface area (Å²) in [5.74, 6) is 8.25. The summed E-state index contributed by atoms with van der Waals surface area (Å²) in [4.78, 5) is 0. The van der Waals surface area contributed by atoms with Gasteiger partial charge >= 0.3 is 0 Å². The van der Waals surface area contributed by atoms with Gasteiger partial charge in [-0.2, -0.15) is 0 Å². The molecule has 2 aliphatic rings. The summed E-state index contributed by atoms with van der Waals surface area (Å²) < 4.78 is 5.75. The van der Waals surface area contributed by atoms with Crippen molar-refractivity contribution in [1.82, 2.24) is 5.43 Å². The molecule has 3 N–H and O–H groups in total. The lowest BCUT2D eigenvalue weighted by atomic mass is 9.82. The Hall–Kier alpha value is -1.06. The van der Waals surface area contributed by atoms with Crippen LogP contribution in [0.1, 0.15) is 50.0 Å². The number of ether oxygens (including phenoxy) is 1. The van der Waals surface area contributed by atoms with Crippen molar-refractivity contribution in [3.63, 3.8) is 0 Å². The predicted octanol–water partition coefficient (Wildman–Crippen LogP) is 2.96. The van der Waals surface area contributed by atoms with Crippen molar-refractivity contribution in [2.75, 3.05) is 6.61 Å². The van der Waals surface area contributed by atoms with Gasteiger partial charge < -0.3 is 4.74 Å². The van der Waals surface area contributed by atoms with E-state index in [-0.39, 0.29) is 0 Å². The van der Waals surface area contributed by atoms with E-state index in [9.17, 15) is 0 Å². The lowest BCUT2D eigenvalue weighted by Crippen LogP contribution is -2.42. The summed E-state index contributed by atoms with van der Waals surface area (Å²) in [6, 6.07) is 8.79. The average molecular weight is 260 g/mol. The molecule has 1 heterocycles. The summed E-state index contributed by atoms with van der Waals surface area (Å²) in [5.41, 5.74) is 4.41. The van der Waals surface area contributed by atoms with Crippen molar-refractivity contribution in [3.8, 4) is 5.75 Å². The molecule has 19 heavy (non-hydrogen) atoms. The highest BCUT2D eigenvalue weighted by atomic mass is 16.5. The van der Waals surface area contributed by atoms with Crippen molar-refractivity contribution in [1.29, 1.82) is 0 Å². The van der Waals surface area contributed by atoms with Crippen LogP contribution in [0, 0.1) is 5.92 Å². The quantitative estimate of drug-likeness (QED) is 0.646. The van der Waals surface area contributed by atoms with Crippen LogP contribution in [0.4, 0.5) is 0 Å². The lowest BCUT2D eigenvalue weighted by molar-refractivity contribution is 0.232. The maximum absolute atomic E-state index is 5.85. The van der Waals surface area contributed by atoms with Crippen LogP contribution >= 0.6 is 0 Å². The SMILES string of the molecule is NNC(CC1CCCC1)C1CCOc2ccccc21. The molecule has 0 bridgehead atoms. The van der Waals surface area contributed by atoms with Gasteiger partial charge in [0.15, 0.2) is 0 Å². The summed E-state index contributed by atoms with van der Waals surface area (Å²) >= 11 is 0. The number of hydrogen-bond acceptors (Lipinski definition) is 3. The smallest absolute Gasteiger partial charge is 0.122 e. The fraction of sp³-hybridized carbons (Fsp3) is 0.625. The van der Waals surface area contributed by atoms with Gasteiger partial charge in [0.25, 0.3) is 0 Å². The third kappa shape index (κ3) is 2.77. The predicted molar refractivity (Wildman–Crippen MR) is 77.0 cm³/mol. The van der Waals surface area contributed by atoms with Crippen LogP contribution < -0.4 is 16.0 Å². The molecule has 3 heteroatoms. The third-order valence-corrected chi connectivity index (χ3v) is 4.77. The first-order chi connectivity index (χ1) is 9.38.